The Balaban J connectivity index is 2.37. The van der Waals surface area contributed by atoms with E-state index in [1.54, 1.807) is 7.05 Å². The van der Waals surface area contributed by atoms with Crippen molar-refractivity contribution >= 4 is 16.8 Å². The Morgan fingerprint density at radius 3 is 2.72 bits per heavy atom. The lowest BCUT2D eigenvalue weighted by Gasteiger charge is -2.02. The summed E-state index contributed by atoms with van der Waals surface area (Å²) in [6, 6.07) is 3.82. The monoisotopic (exact) mass is 249 g/mol. The van der Waals surface area contributed by atoms with Crippen molar-refractivity contribution in [2.75, 3.05) is 5.73 Å². The van der Waals surface area contributed by atoms with Crippen LogP contribution in [0.15, 0.2) is 28.9 Å². The minimum Gasteiger partial charge on any atom is -0.461 e. The summed E-state index contributed by atoms with van der Waals surface area (Å²) in [4.78, 5) is 0. The lowest BCUT2D eigenvalue weighted by molar-refractivity contribution is 0.547. The Hall–Kier alpha value is -2.37. The Kier molecular flexibility index (Phi) is 2.13. The van der Waals surface area contributed by atoms with E-state index >= 15 is 0 Å². The number of rotatable bonds is 1. The maximum atomic E-state index is 13.9. The van der Waals surface area contributed by atoms with Gasteiger partial charge in [-0.3, -0.25) is 4.68 Å². The molecule has 0 atom stereocenters. The van der Waals surface area contributed by atoms with E-state index in [0.717, 1.165) is 6.07 Å². The van der Waals surface area contributed by atoms with E-state index in [1.807, 2.05) is 0 Å². The van der Waals surface area contributed by atoms with Gasteiger partial charge in [0.25, 0.3) is 0 Å². The van der Waals surface area contributed by atoms with Crippen LogP contribution in [0.1, 0.15) is 0 Å². The molecular formula is C12H9F2N3O. The minimum atomic E-state index is -0.736. The molecule has 0 radical (unpaired) electrons. The first-order valence-corrected chi connectivity index (χ1v) is 5.23. The molecule has 4 nitrogen and oxygen atoms in total. The number of nitrogens with two attached hydrogens (primary N) is 1. The largest absolute Gasteiger partial charge is 0.461 e. The molecule has 0 unspecified atom stereocenters. The average Bonchev–Trinajstić information content (AvgIpc) is 2.88. The van der Waals surface area contributed by atoms with Gasteiger partial charge in [-0.05, 0) is 6.07 Å². The van der Waals surface area contributed by atoms with E-state index in [0.29, 0.717) is 16.9 Å². The van der Waals surface area contributed by atoms with Crippen LogP contribution in [0.4, 0.5) is 14.6 Å². The van der Waals surface area contributed by atoms with Gasteiger partial charge < -0.3 is 10.2 Å². The quantitative estimate of drug-likeness (QED) is 0.721. The van der Waals surface area contributed by atoms with Gasteiger partial charge in [-0.25, -0.2) is 8.78 Å². The highest BCUT2D eigenvalue weighted by Crippen LogP contribution is 2.33. The van der Waals surface area contributed by atoms with Crippen LogP contribution in [0.5, 0.6) is 0 Å². The number of nitrogens with zero attached hydrogens (tertiary/aromatic N) is 2. The molecule has 0 aliphatic rings. The van der Waals surface area contributed by atoms with E-state index < -0.39 is 11.6 Å². The van der Waals surface area contributed by atoms with E-state index in [9.17, 15) is 8.78 Å². The maximum Gasteiger partial charge on any atom is 0.170 e. The fourth-order valence-electron chi connectivity index (χ4n) is 1.93. The predicted octanol–water partition coefficient (Wildman–Crippen LogP) is 2.69. The molecule has 18 heavy (non-hydrogen) atoms. The van der Waals surface area contributed by atoms with Crippen LogP contribution < -0.4 is 5.73 Å². The van der Waals surface area contributed by atoms with Crippen LogP contribution in [0.25, 0.3) is 22.2 Å². The first kappa shape index (κ1) is 10.8. The van der Waals surface area contributed by atoms with E-state index in [2.05, 4.69) is 5.10 Å². The van der Waals surface area contributed by atoms with Crippen molar-refractivity contribution in [3.63, 3.8) is 0 Å². The summed E-state index contributed by atoms with van der Waals surface area (Å²) in [6.07, 6.45) is 1.31. The van der Waals surface area contributed by atoms with Gasteiger partial charge in [0.15, 0.2) is 11.4 Å². The van der Waals surface area contributed by atoms with Gasteiger partial charge in [-0.1, -0.05) is 0 Å². The maximum absolute atomic E-state index is 13.9. The zero-order valence-corrected chi connectivity index (χ0v) is 9.45. The number of nitrogen functional groups attached to an aromatic ring is 1. The zero-order chi connectivity index (χ0) is 12.9. The van der Waals surface area contributed by atoms with Crippen molar-refractivity contribution in [3.05, 3.63) is 36.1 Å². The minimum absolute atomic E-state index is 0.00984. The first-order chi connectivity index (χ1) is 8.58. The number of hydrogen-bond acceptors (Lipinski definition) is 3. The molecule has 0 saturated heterocycles. The van der Waals surface area contributed by atoms with E-state index in [-0.39, 0.29) is 11.1 Å². The molecule has 0 bridgehead atoms. The molecular weight excluding hydrogens is 240 g/mol. The van der Waals surface area contributed by atoms with Gasteiger partial charge >= 0.3 is 0 Å². The van der Waals surface area contributed by atoms with Gasteiger partial charge in [0, 0.05) is 30.1 Å². The molecule has 3 aromatic rings. The standard InChI is InChI=1S/C12H9F2N3O/c1-17-10(15)5-9(16-17)11-6-2-3-18-12(6)8(14)4-7(11)13/h2-5H,15H2,1H3. The SMILES string of the molecule is Cn1nc(-c2c(F)cc(F)c3occc23)cc1N. The van der Waals surface area contributed by atoms with Gasteiger partial charge in [0.1, 0.15) is 11.6 Å². The van der Waals surface area contributed by atoms with Crippen LogP contribution in [0, 0.1) is 11.6 Å². The van der Waals surface area contributed by atoms with Gasteiger partial charge in [-0.2, -0.15) is 5.10 Å². The molecule has 0 saturated carbocycles. The number of aromatic nitrogens is 2. The predicted molar refractivity (Wildman–Crippen MR) is 62.7 cm³/mol. The molecule has 0 aliphatic carbocycles. The molecule has 2 N–H and O–H groups in total. The van der Waals surface area contributed by atoms with Crippen molar-refractivity contribution in [2.45, 2.75) is 0 Å². The fraction of sp³-hybridized carbons (Fsp3) is 0.0833. The number of anilines is 1. The summed E-state index contributed by atoms with van der Waals surface area (Å²) < 4.78 is 33.8. The highest BCUT2D eigenvalue weighted by Gasteiger charge is 2.18. The number of aryl methyl sites for hydroxylation is 1. The van der Waals surface area contributed by atoms with Gasteiger partial charge in [0.2, 0.25) is 0 Å². The highest BCUT2D eigenvalue weighted by molar-refractivity contribution is 5.93. The second-order valence-electron chi connectivity index (χ2n) is 3.96. The fourth-order valence-corrected chi connectivity index (χ4v) is 1.93. The first-order valence-electron chi connectivity index (χ1n) is 5.23. The zero-order valence-electron chi connectivity index (χ0n) is 9.45. The number of furan rings is 1. The van der Waals surface area contributed by atoms with Crippen LogP contribution in [-0.2, 0) is 7.05 Å². The Morgan fingerprint density at radius 2 is 2.06 bits per heavy atom. The van der Waals surface area contributed by atoms with Gasteiger partial charge in [0.05, 0.1) is 12.0 Å². The Bertz CT molecular complexity index is 726. The smallest absolute Gasteiger partial charge is 0.170 e. The van der Waals surface area contributed by atoms with Crippen molar-refractivity contribution in [1.29, 1.82) is 0 Å². The summed E-state index contributed by atoms with van der Waals surface area (Å²) in [7, 11) is 1.65. The molecule has 0 amide bonds. The third kappa shape index (κ3) is 1.38. The van der Waals surface area contributed by atoms with E-state index in [1.165, 1.54) is 23.1 Å². The van der Waals surface area contributed by atoms with Crippen LogP contribution in [0.2, 0.25) is 0 Å². The summed E-state index contributed by atoms with van der Waals surface area (Å²) in [5.74, 6) is -1.04. The van der Waals surface area contributed by atoms with Crippen LogP contribution in [0.3, 0.4) is 0 Å². The molecule has 0 fully saturated rings. The molecule has 6 heteroatoms. The number of benzene rings is 1. The molecule has 0 aliphatic heterocycles. The Morgan fingerprint density at radius 1 is 1.28 bits per heavy atom. The summed E-state index contributed by atoms with van der Waals surface area (Å²) >= 11 is 0. The molecule has 92 valence electrons. The van der Waals surface area contributed by atoms with Gasteiger partial charge in [-0.15, -0.1) is 0 Å². The van der Waals surface area contributed by atoms with Crippen molar-refractivity contribution < 1.29 is 13.2 Å². The van der Waals surface area contributed by atoms with Crippen molar-refractivity contribution in [2.24, 2.45) is 7.05 Å². The summed E-state index contributed by atoms with van der Waals surface area (Å²) in [5, 5.41) is 4.43. The Labute approximate surface area is 101 Å². The normalized spacial score (nSPS) is 11.3. The summed E-state index contributed by atoms with van der Waals surface area (Å²) in [5.41, 5.74) is 6.20. The lowest BCUT2D eigenvalue weighted by Crippen LogP contribution is -1.97. The van der Waals surface area contributed by atoms with Crippen molar-refractivity contribution in [3.8, 4) is 11.3 Å². The molecule has 1 aromatic carbocycles. The molecule has 3 rings (SSSR count). The molecule has 2 heterocycles. The number of fused-ring (bicyclic) bond motifs is 1. The summed E-state index contributed by atoms with van der Waals surface area (Å²) in [6.45, 7) is 0. The highest BCUT2D eigenvalue weighted by atomic mass is 19.1. The molecule has 2 aromatic heterocycles. The third-order valence-electron chi connectivity index (χ3n) is 2.82. The lowest BCUT2D eigenvalue weighted by atomic mass is 10.1. The topological polar surface area (TPSA) is 57.0 Å². The van der Waals surface area contributed by atoms with Crippen LogP contribution in [-0.4, -0.2) is 9.78 Å². The average molecular weight is 249 g/mol. The molecule has 0 spiro atoms. The van der Waals surface area contributed by atoms with Crippen molar-refractivity contribution in [1.82, 2.24) is 9.78 Å². The van der Waals surface area contributed by atoms with Crippen LogP contribution >= 0.6 is 0 Å². The second kappa shape index (κ2) is 3.56. The number of halogens is 2. The second-order valence-corrected chi connectivity index (χ2v) is 3.96. The van der Waals surface area contributed by atoms with E-state index in [4.69, 9.17) is 10.2 Å². The third-order valence-corrected chi connectivity index (χ3v) is 2.82. The number of hydrogen-bond donors (Lipinski definition) is 1.